The van der Waals surface area contributed by atoms with Crippen molar-refractivity contribution in [2.75, 3.05) is 24.5 Å². The Kier molecular flexibility index (Phi) is 11.5. The van der Waals surface area contributed by atoms with Crippen molar-refractivity contribution in [3.63, 3.8) is 0 Å². The lowest BCUT2D eigenvalue weighted by atomic mass is 10.0. The highest BCUT2D eigenvalue weighted by Gasteiger charge is 2.35. The lowest BCUT2D eigenvalue weighted by Crippen LogP contribution is -2.53. The minimum absolute atomic E-state index is 0.00339. The number of sulfonamides is 1. The molecule has 236 valence electrons. The summed E-state index contributed by atoms with van der Waals surface area (Å²) >= 11 is 12.7. The Balaban J connectivity index is 1.84. The molecule has 0 aliphatic carbocycles. The fourth-order valence-electron chi connectivity index (χ4n) is 4.87. The molecule has 4 aromatic carbocycles. The average molecular weight is 669 g/mol. The van der Waals surface area contributed by atoms with Crippen LogP contribution in [0.4, 0.5) is 5.69 Å². The van der Waals surface area contributed by atoms with Crippen molar-refractivity contribution in [2.45, 2.75) is 37.8 Å². The van der Waals surface area contributed by atoms with E-state index >= 15 is 0 Å². The van der Waals surface area contributed by atoms with Crippen molar-refractivity contribution >= 4 is 50.7 Å². The first-order valence-electron chi connectivity index (χ1n) is 14.3. The van der Waals surface area contributed by atoms with E-state index in [1.54, 1.807) is 61.5 Å². The Hall–Kier alpha value is -4.05. The van der Waals surface area contributed by atoms with E-state index in [-0.39, 0.29) is 35.2 Å². The highest BCUT2D eigenvalue weighted by Crippen LogP contribution is 2.33. The first kappa shape index (κ1) is 33.8. The molecule has 11 heteroatoms. The van der Waals surface area contributed by atoms with Gasteiger partial charge in [0.15, 0.2) is 0 Å². The maximum atomic E-state index is 14.5. The first-order valence-corrected chi connectivity index (χ1v) is 16.5. The van der Waals surface area contributed by atoms with Crippen LogP contribution in [0.25, 0.3) is 0 Å². The normalized spacial score (nSPS) is 11.8. The highest BCUT2D eigenvalue weighted by atomic mass is 35.5. The smallest absolute Gasteiger partial charge is 0.264 e. The molecule has 0 saturated carbocycles. The van der Waals surface area contributed by atoms with Gasteiger partial charge in [0.1, 0.15) is 18.3 Å². The zero-order valence-electron chi connectivity index (χ0n) is 25.2. The van der Waals surface area contributed by atoms with Crippen LogP contribution in [0.5, 0.6) is 5.75 Å². The molecule has 0 saturated heterocycles. The van der Waals surface area contributed by atoms with Crippen LogP contribution in [0.1, 0.15) is 23.6 Å². The second kappa shape index (κ2) is 15.3. The fourth-order valence-corrected chi connectivity index (χ4v) is 6.76. The monoisotopic (exact) mass is 667 g/mol. The third-order valence-corrected chi connectivity index (χ3v) is 9.58. The molecule has 0 aliphatic rings. The average Bonchev–Trinajstić information content (AvgIpc) is 3.03. The maximum absolute atomic E-state index is 14.5. The lowest BCUT2D eigenvalue weighted by molar-refractivity contribution is -0.140. The van der Waals surface area contributed by atoms with Crippen molar-refractivity contribution in [1.29, 1.82) is 0 Å². The minimum atomic E-state index is -4.27. The summed E-state index contributed by atoms with van der Waals surface area (Å²) in [7, 11) is -2.84. The van der Waals surface area contributed by atoms with Crippen LogP contribution >= 0.6 is 23.2 Å². The molecule has 2 amide bonds. The van der Waals surface area contributed by atoms with E-state index in [0.717, 1.165) is 15.4 Å². The molecular formula is C34H35Cl2N3O5S. The van der Waals surface area contributed by atoms with Gasteiger partial charge in [-0.25, -0.2) is 8.42 Å². The summed E-state index contributed by atoms with van der Waals surface area (Å²) in [6.45, 7) is 3.28. The number of rotatable bonds is 13. The van der Waals surface area contributed by atoms with E-state index in [1.807, 2.05) is 37.3 Å². The van der Waals surface area contributed by atoms with Crippen LogP contribution in [0.3, 0.4) is 0 Å². The zero-order valence-corrected chi connectivity index (χ0v) is 27.6. The predicted molar refractivity (Wildman–Crippen MR) is 178 cm³/mol. The summed E-state index contributed by atoms with van der Waals surface area (Å²) in [5, 5.41) is 3.56. The molecule has 45 heavy (non-hydrogen) atoms. The standard InChI is InChI=1S/C34H35Cl2N3O5S/c1-4-37-34(41)31(20-25-10-6-5-7-11-25)38(22-26-16-17-27(35)21-29(26)36)33(40)23-39(30-12-8-9-13-32(30)44-3)45(42,43)28-18-14-24(2)15-19-28/h5-19,21,31H,4,20,22-23H2,1-3H3,(H,37,41)/t31-/m1/s1. The second-order valence-electron chi connectivity index (χ2n) is 10.4. The van der Waals surface area contributed by atoms with Crippen LogP contribution in [0, 0.1) is 6.92 Å². The van der Waals surface area contributed by atoms with Gasteiger partial charge in [0.2, 0.25) is 11.8 Å². The molecule has 0 aliphatic heterocycles. The summed E-state index contributed by atoms with van der Waals surface area (Å²) in [5.41, 5.74) is 2.42. The molecule has 0 aromatic heterocycles. The summed E-state index contributed by atoms with van der Waals surface area (Å²) in [6.07, 6.45) is 0.184. The molecule has 0 radical (unpaired) electrons. The van der Waals surface area contributed by atoms with Gasteiger partial charge in [0.05, 0.1) is 17.7 Å². The molecule has 1 atom stereocenters. The van der Waals surface area contributed by atoms with Gasteiger partial charge in [-0.1, -0.05) is 89.4 Å². The van der Waals surface area contributed by atoms with Crippen LogP contribution < -0.4 is 14.4 Å². The molecule has 4 aromatic rings. The van der Waals surface area contributed by atoms with Crippen molar-refractivity contribution in [2.24, 2.45) is 0 Å². The molecule has 4 rings (SSSR count). The van der Waals surface area contributed by atoms with Crippen LogP contribution in [0.2, 0.25) is 10.0 Å². The third kappa shape index (κ3) is 8.36. The number of methoxy groups -OCH3 is 1. The van der Waals surface area contributed by atoms with Gasteiger partial charge >= 0.3 is 0 Å². The fraction of sp³-hybridized carbons (Fsp3) is 0.235. The molecule has 0 fully saturated rings. The van der Waals surface area contributed by atoms with Gasteiger partial charge < -0.3 is 15.0 Å². The highest BCUT2D eigenvalue weighted by molar-refractivity contribution is 7.92. The SMILES string of the molecule is CCNC(=O)[C@@H](Cc1ccccc1)N(Cc1ccc(Cl)cc1Cl)C(=O)CN(c1ccccc1OC)S(=O)(=O)c1ccc(C)cc1. The number of anilines is 1. The molecule has 0 spiro atoms. The van der Waals surface area contributed by atoms with E-state index in [9.17, 15) is 18.0 Å². The van der Waals surface area contributed by atoms with Crippen molar-refractivity contribution in [1.82, 2.24) is 10.2 Å². The Labute approximate surface area is 274 Å². The summed E-state index contributed by atoms with van der Waals surface area (Å²) < 4.78 is 34.9. The zero-order chi connectivity index (χ0) is 32.6. The Morgan fingerprint density at radius 2 is 1.58 bits per heavy atom. The Morgan fingerprint density at radius 3 is 2.22 bits per heavy atom. The van der Waals surface area contributed by atoms with Crippen LogP contribution in [-0.2, 0) is 32.6 Å². The molecule has 1 N–H and O–H groups in total. The van der Waals surface area contributed by atoms with Gasteiger partial charge in [-0.15, -0.1) is 0 Å². The lowest BCUT2D eigenvalue weighted by Gasteiger charge is -2.34. The van der Waals surface area contributed by atoms with E-state index in [2.05, 4.69) is 5.32 Å². The third-order valence-electron chi connectivity index (χ3n) is 7.22. The quantitative estimate of drug-likeness (QED) is 0.181. The van der Waals surface area contributed by atoms with Gasteiger partial charge in [0, 0.05) is 29.6 Å². The molecular weight excluding hydrogens is 633 g/mol. The number of amides is 2. The number of carbonyl (C=O) groups excluding carboxylic acids is 2. The van der Waals surface area contributed by atoms with E-state index in [4.69, 9.17) is 27.9 Å². The van der Waals surface area contributed by atoms with Crippen molar-refractivity contribution in [3.8, 4) is 5.75 Å². The summed E-state index contributed by atoms with van der Waals surface area (Å²) in [6, 6.07) is 26.1. The van der Waals surface area contributed by atoms with E-state index in [0.29, 0.717) is 22.2 Å². The largest absolute Gasteiger partial charge is 0.495 e. The molecule has 0 heterocycles. The number of carbonyl (C=O) groups is 2. The molecule has 8 nitrogen and oxygen atoms in total. The van der Waals surface area contributed by atoms with E-state index in [1.165, 1.54) is 24.1 Å². The van der Waals surface area contributed by atoms with Gasteiger partial charge in [-0.2, -0.15) is 0 Å². The van der Waals surface area contributed by atoms with Crippen LogP contribution in [-0.4, -0.2) is 51.4 Å². The molecule has 0 bridgehead atoms. The predicted octanol–water partition coefficient (Wildman–Crippen LogP) is 6.28. The van der Waals surface area contributed by atoms with Gasteiger partial charge in [0.25, 0.3) is 10.0 Å². The van der Waals surface area contributed by atoms with Gasteiger partial charge in [-0.3, -0.25) is 13.9 Å². The van der Waals surface area contributed by atoms with E-state index < -0.39 is 28.5 Å². The number of halogens is 2. The number of benzene rings is 4. The number of ether oxygens (including phenoxy) is 1. The Bertz CT molecular complexity index is 1730. The summed E-state index contributed by atoms with van der Waals surface area (Å²) in [5.74, 6) is -0.738. The minimum Gasteiger partial charge on any atom is -0.495 e. The first-order chi connectivity index (χ1) is 21.5. The topological polar surface area (TPSA) is 96.0 Å². The number of hydrogen-bond acceptors (Lipinski definition) is 5. The van der Waals surface area contributed by atoms with Crippen molar-refractivity contribution in [3.05, 3.63) is 124 Å². The number of aryl methyl sites for hydroxylation is 1. The number of likely N-dealkylation sites (N-methyl/N-ethyl adjacent to an activating group) is 1. The molecule has 0 unspecified atom stereocenters. The summed E-state index contributed by atoms with van der Waals surface area (Å²) in [4.78, 5) is 29.5. The number of hydrogen-bond donors (Lipinski definition) is 1. The number of para-hydroxylation sites is 2. The second-order valence-corrected chi connectivity index (χ2v) is 13.1. The van der Waals surface area contributed by atoms with Crippen molar-refractivity contribution < 1.29 is 22.7 Å². The maximum Gasteiger partial charge on any atom is 0.264 e. The number of nitrogens with one attached hydrogen (secondary N) is 1. The Morgan fingerprint density at radius 1 is 0.911 bits per heavy atom. The van der Waals surface area contributed by atoms with Crippen LogP contribution in [0.15, 0.2) is 102 Å². The number of nitrogens with zero attached hydrogens (tertiary/aromatic N) is 2. The van der Waals surface area contributed by atoms with Gasteiger partial charge in [-0.05, 0) is 61.4 Å².